The van der Waals surface area contributed by atoms with Crippen LogP contribution in [0.3, 0.4) is 0 Å². The monoisotopic (exact) mass is 611 g/mol. The number of fused-ring (bicyclic) bond motifs is 3. The number of halogens is 3. The number of furan rings is 1. The van der Waals surface area contributed by atoms with Crippen molar-refractivity contribution in [2.45, 2.75) is 30.3 Å². The Morgan fingerprint density at radius 3 is 2.00 bits per heavy atom. The van der Waals surface area contributed by atoms with Gasteiger partial charge in [0.05, 0.1) is 5.56 Å². The van der Waals surface area contributed by atoms with E-state index in [0.29, 0.717) is 11.3 Å². The van der Waals surface area contributed by atoms with Crippen LogP contribution in [0.5, 0.6) is 0 Å². The molecule has 0 unspecified atom stereocenters. The molecule has 0 radical (unpaired) electrons. The number of hydrogen-bond acceptors (Lipinski definition) is 4. The SMILES string of the molecule is C[C@@](NCc1ccc(C(F)(F)F)cc1)(SCc1ccc(-c2ccc(-c3cccc4c3oc3ccccc34)cc2)cc1)C(=O)O. The zero-order chi connectivity index (χ0) is 30.9. The third-order valence-corrected chi connectivity index (χ3v) is 9.11. The van der Waals surface area contributed by atoms with Crippen LogP contribution >= 0.6 is 11.8 Å². The molecule has 6 rings (SSSR count). The van der Waals surface area contributed by atoms with Crippen molar-refractivity contribution >= 4 is 39.7 Å². The van der Waals surface area contributed by atoms with E-state index >= 15 is 0 Å². The average molecular weight is 612 g/mol. The van der Waals surface area contributed by atoms with Crippen molar-refractivity contribution in [1.82, 2.24) is 5.32 Å². The Labute approximate surface area is 256 Å². The van der Waals surface area contributed by atoms with Gasteiger partial charge in [-0.1, -0.05) is 97.1 Å². The van der Waals surface area contributed by atoms with Gasteiger partial charge in [-0.15, -0.1) is 11.8 Å². The molecule has 1 aromatic heterocycles. The summed E-state index contributed by atoms with van der Waals surface area (Å²) in [6, 6.07) is 35.2. The maximum atomic E-state index is 12.8. The molecule has 5 aromatic carbocycles. The lowest BCUT2D eigenvalue weighted by Crippen LogP contribution is -2.46. The zero-order valence-electron chi connectivity index (χ0n) is 23.7. The van der Waals surface area contributed by atoms with E-state index < -0.39 is 22.6 Å². The van der Waals surface area contributed by atoms with E-state index in [9.17, 15) is 23.1 Å². The molecule has 1 heterocycles. The van der Waals surface area contributed by atoms with E-state index in [0.717, 1.165) is 61.9 Å². The summed E-state index contributed by atoms with van der Waals surface area (Å²) in [5.41, 5.74) is 6.69. The second-order valence-electron chi connectivity index (χ2n) is 10.7. The molecule has 2 N–H and O–H groups in total. The van der Waals surface area contributed by atoms with Crippen molar-refractivity contribution < 1.29 is 27.5 Å². The predicted molar refractivity (Wildman–Crippen MR) is 170 cm³/mol. The van der Waals surface area contributed by atoms with Gasteiger partial charge >= 0.3 is 12.1 Å². The smallest absolute Gasteiger partial charge is 0.416 e. The molecule has 0 saturated heterocycles. The largest absolute Gasteiger partial charge is 0.479 e. The topological polar surface area (TPSA) is 62.5 Å². The van der Waals surface area contributed by atoms with Crippen LogP contribution in [0.15, 0.2) is 120 Å². The Morgan fingerprint density at radius 1 is 0.750 bits per heavy atom. The van der Waals surface area contributed by atoms with Crippen molar-refractivity contribution in [3.8, 4) is 22.3 Å². The number of benzene rings is 5. The van der Waals surface area contributed by atoms with Gasteiger partial charge in [0, 0.05) is 28.6 Å². The number of carboxylic acid groups (broad SMARTS) is 1. The van der Waals surface area contributed by atoms with Crippen LogP contribution < -0.4 is 5.32 Å². The van der Waals surface area contributed by atoms with Crippen molar-refractivity contribution in [1.29, 1.82) is 0 Å². The van der Waals surface area contributed by atoms with E-state index in [4.69, 9.17) is 4.42 Å². The summed E-state index contributed by atoms with van der Waals surface area (Å²) >= 11 is 1.22. The van der Waals surface area contributed by atoms with Gasteiger partial charge in [-0.3, -0.25) is 5.32 Å². The van der Waals surface area contributed by atoms with Gasteiger partial charge < -0.3 is 9.52 Å². The van der Waals surface area contributed by atoms with Gasteiger partial charge in [0.2, 0.25) is 0 Å². The zero-order valence-corrected chi connectivity index (χ0v) is 24.5. The molecule has 0 saturated carbocycles. The highest BCUT2D eigenvalue weighted by atomic mass is 32.2. The van der Waals surface area contributed by atoms with Crippen LogP contribution in [0.4, 0.5) is 13.2 Å². The summed E-state index contributed by atoms with van der Waals surface area (Å²) in [6.45, 7) is 1.68. The van der Waals surface area contributed by atoms with Gasteiger partial charge in [0.1, 0.15) is 11.2 Å². The summed E-state index contributed by atoms with van der Waals surface area (Å²) in [5.74, 6) is -0.617. The number of carboxylic acids is 1. The summed E-state index contributed by atoms with van der Waals surface area (Å²) < 4.78 is 44.7. The van der Waals surface area contributed by atoms with Crippen molar-refractivity contribution in [2.75, 3.05) is 0 Å². The highest BCUT2D eigenvalue weighted by Gasteiger charge is 2.33. The first-order valence-electron chi connectivity index (χ1n) is 14.0. The highest BCUT2D eigenvalue weighted by molar-refractivity contribution is 8.00. The fourth-order valence-electron chi connectivity index (χ4n) is 5.11. The predicted octanol–water partition coefficient (Wildman–Crippen LogP) is 9.76. The first kappa shape index (κ1) is 29.5. The molecule has 4 nitrogen and oxygen atoms in total. The Bertz CT molecular complexity index is 1930. The summed E-state index contributed by atoms with van der Waals surface area (Å²) in [7, 11) is 0. The maximum absolute atomic E-state index is 12.8. The Morgan fingerprint density at radius 2 is 1.34 bits per heavy atom. The molecule has 8 heteroatoms. The molecule has 0 bridgehead atoms. The van der Waals surface area contributed by atoms with Crippen molar-refractivity contribution in [2.24, 2.45) is 0 Å². The highest BCUT2D eigenvalue weighted by Crippen LogP contribution is 2.36. The molecule has 1 atom stereocenters. The molecular weight excluding hydrogens is 583 g/mol. The number of para-hydroxylation sites is 2. The molecule has 0 spiro atoms. The van der Waals surface area contributed by atoms with Crippen LogP contribution in [0.2, 0.25) is 0 Å². The Kier molecular flexibility index (Phi) is 7.97. The van der Waals surface area contributed by atoms with Gasteiger partial charge in [0.15, 0.2) is 4.87 Å². The number of thioether (sulfide) groups is 1. The summed E-state index contributed by atoms with van der Waals surface area (Å²) in [6.07, 6.45) is -4.41. The molecule has 6 aromatic rings. The first-order chi connectivity index (χ1) is 21.1. The first-order valence-corrected chi connectivity index (χ1v) is 15.0. The van der Waals surface area contributed by atoms with E-state index in [-0.39, 0.29) is 6.54 Å². The second kappa shape index (κ2) is 11.9. The fraction of sp³-hybridized carbons (Fsp3) is 0.139. The number of nitrogens with one attached hydrogen (secondary N) is 1. The van der Waals surface area contributed by atoms with Gasteiger partial charge in [-0.2, -0.15) is 13.2 Å². The van der Waals surface area contributed by atoms with E-state index in [1.54, 1.807) is 6.92 Å². The second-order valence-corrected chi connectivity index (χ2v) is 12.1. The van der Waals surface area contributed by atoms with Crippen LogP contribution in [0, 0.1) is 0 Å². The van der Waals surface area contributed by atoms with Crippen LogP contribution in [0.25, 0.3) is 44.2 Å². The van der Waals surface area contributed by atoms with Gasteiger partial charge in [0.25, 0.3) is 0 Å². The maximum Gasteiger partial charge on any atom is 0.416 e. The lowest BCUT2D eigenvalue weighted by Gasteiger charge is -2.26. The van der Waals surface area contributed by atoms with Crippen LogP contribution in [0.1, 0.15) is 23.6 Å². The minimum atomic E-state index is -4.41. The van der Waals surface area contributed by atoms with Crippen molar-refractivity contribution in [3.63, 3.8) is 0 Å². The van der Waals surface area contributed by atoms with E-state index in [2.05, 4.69) is 47.8 Å². The molecule has 0 fully saturated rings. The lowest BCUT2D eigenvalue weighted by molar-refractivity contribution is -0.140. The quantitative estimate of drug-likeness (QED) is 0.159. The number of alkyl halides is 3. The molecule has 0 aliphatic rings. The lowest BCUT2D eigenvalue weighted by atomic mass is 9.98. The molecule has 222 valence electrons. The third kappa shape index (κ3) is 6.09. The molecule has 0 amide bonds. The molecule has 0 aliphatic heterocycles. The number of rotatable bonds is 9. The molecule has 44 heavy (non-hydrogen) atoms. The standard InChI is InChI=1S/C36H28F3NO3S/c1-35(34(41)42,40-21-23-11-19-28(20-12-23)36(37,38)39)44-22-24-9-13-25(14-10-24)26-15-17-27(18-16-26)29-6-4-7-31-30-5-2-3-8-32(30)43-33(29)31/h2-20,40H,21-22H2,1H3,(H,41,42)/t35-/m1/s1. The molecule has 0 aliphatic carbocycles. The summed E-state index contributed by atoms with van der Waals surface area (Å²) in [5, 5.41) is 15.1. The van der Waals surface area contributed by atoms with Crippen LogP contribution in [-0.2, 0) is 23.3 Å². The summed E-state index contributed by atoms with van der Waals surface area (Å²) in [4.78, 5) is 10.8. The van der Waals surface area contributed by atoms with Crippen molar-refractivity contribution in [3.05, 3.63) is 132 Å². The average Bonchev–Trinajstić information content (AvgIpc) is 3.42. The van der Waals surface area contributed by atoms with Gasteiger partial charge in [-0.25, -0.2) is 4.79 Å². The van der Waals surface area contributed by atoms with Crippen LogP contribution in [-0.4, -0.2) is 15.9 Å². The normalized spacial score (nSPS) is 13.3. The number of hydrogen-bond donors (Lipinski definition) is 2. The Balaban J connectivity index is 1.11. The fourth-order valence-corrected chi connectivity index (χ4v) is 6.05. The minimum absolute atomic E-state index is 0.119. The minimum Gasteiger partial charge on any atom is -0.479 e. The van der Waals surface area contributed by atoms with E-state index in [1.165, 1.54) is 23.9 Å². The molecular formula is C36H28F3NO3S. The van der Waals surface area contributed by atoms with Gasteiger partial charge in [-0.05, 0) is 52.9 Å². The van der Waals surface area contributed by atoms with E-state index in [1.807, 2.05) is 48.5 Å². The number of carbonyl (C=O) groups is 1. The third-order valence-electron chi connectivity index (χ3n) is 7.73. The Hall–Kier alpha value is -4.53. The number of aliphatic carboxylic acids is 1.